The molecule has 41 heavy (non-hydrogen) atoms. The van der Waals surface area contributed by atoms with Gasteiger partial charge in [0.1, 0.15) is 6.04 Å². The number of carbonyl (C=O) groups excluding carboxylic acids is 3. The zero-order chi connectivity index (χ0) is 28.1. The molecule has 0 radical (unpaired) electrons. The highest BCUT2D eigenvalue weighted by Gasteiger charge is 2.50. The van der Waals surface area contributed by atoms with Crippen molar-refractivity contribution < 1.29 is 14.4 Å². The molecule has 3 fully saturated rings. The Kier molecular flexibility index (Phi) is 6.69. The van der Waals surface area contributed by atoms with E-state index in [1.807, 2.05) is 18.2 Å². The minimum Gasteiger partial charge on any atom is -0.322 e. The molecule has 7 rings (SSSR count). The Morgan fingerprint density at radius 2 is 1.63 bits per heavy atom. The molecule has 3 heterocycles. The summed E-state index contributed by atoms with van der Waals surface area (Å²) in [6.45, 7) is 5.35. The highest BCUT2D eigenvalue weighted by Crippen LogP contribution is 2.52. The third-order valence-electron chi connectivity index (χ3n) is 9.33. The molecule has 1 N–H and O–H groups in total. The topological polar surface area (TPSA) is 73.0 Å². The van der Waals surface area contributed by atoms with Crippen molar-refractivity contribution in [3.8, 4) is 11.1 Å². The van der Waals surface area contributed by atoms with E-state index in [0.29, 0.717) is 18.5 Å². The molecule has 3 aromatic carbocycles. The highest BCUT2D eigenvalue weighted by atomic mass is 35.5. The number of carbonyl (C=O) groups is 3. The highest BCUT2D eigenvalue weighted by molar-refractivity contribution is 6.30. The second kappa shape index (κ2) is 10.4. The third kappa shape index (κ3) is 4.86. The largest absolute Gasteiger partial charge is 0.322 e. The number of piperazine rings is 1. The Labute approximate surface area is 245 Å². The molecule has 1 saturated carbocycles. The van der Waals surface area contributed by atoms with Gasteiger partial charge in [-0.3, -0.25) is 29.5 Å². The molecule has 2 saturated heterocycles. The molecular formula is C33H33ClN4O3. The molecule has 0 bridgehead atoms. The first-order valence-corrected chi connectivity index (χ1v) is 14.9. The van der Waals surface area contributed by atoms with E-state index < -0.39 is 6.04 Å². The lowest BCUT2D eigenvalue weighted by molar-refractivity contribution is -0.136. The number of benzene rings is 3. The third-order valence-corrected chi connectivity index (χ3v) is 9.58. The molecule has 0 spiro atoms. The Balaban J connectivity index is 1.02. The van der Waals surface area contributed by atoms with Gasteiger partial charge in [-0.25, -0.2) is 0 Å². The lowest BCUT2D eigenvalue weighted by Crippen LogP contribution is -2.52. The number of nitrogens with one attached hydrogen (secondary N) is 1. The van der Waals surface area contributed by atoms with Crippen LogP contribution in [-0.4, -0.2) is 64.6 Å². The summed E-state index contributed by atoms with van der Waals surface area (Å²) >= 11 is 6.12. The molecule has 3 aromatic rings. The minimum absolute atomic E-state index is 0.0352. The number of halogens is 1. The zero-order valence-corrected chi connectivity index (χ0v) is 23.7. The van der Waals surface area contributed by atoms with Gasteiger partial charge in [-0.1, -0.05) is 60.1 Å². The quantitative estimate of drug-likeness (QED) is 0.441. The van der Waals surface area contributed by atoms with E-state index in [9.17, 15) is 14.4 Å². The Morgan fingerprint density at radius 3 is 2.37 bits per heavy atom. The molecule has 7 nitrogen and oxygen atoms in total. The van der Waals surface area contributed by atoms with Crippen LogP contribution in [0.3, 0.4) is 0 Å². The van der Waals surface area contributed by atoms with Crippen LogP contribution in [0.15, 0.2) is 66.7 Å². The summed E-state index contributed by atoms with van der Waals surface area (Å²) in [5, 5.41) is 3.14. The number of amides is 3. The number of nitrogens with zero attached hydrogens (tertiary/aromatic N) is 3. The zero-order valence-electron chi connectivity index (χ0n) is 22.9. The standard InChI is InChI=1S/C33H33ClN4O3/c34-26-8-5-22(6-9-26)27-4-2-1-3-23(27)20-36-15-17-37(18-16-36)33(13-14-33)25-7-10-28-24(19-25)21-38(32(28)41)29-11-12-30(39)35-31(29)40/h1-10,19,29H,11-18,20-21H2,(H,35,39,40). The van der Waals surface area contributed by atoms with Gasteiger partial charge in [0.25, 0.3) is 5.91 Å². The predicted molar refractivity (Wildman–Crippen MR) is 157 cm³/mol. The number of hydrogen-bond acceptors (Lipinski definition) is 5. The maximum atomic E-state index is 13.2. The van der Waals surface area contributed by atoms with Crippen LogP contribution in [0.2, 0.25) is 5.02 Å². The molecule has 1 unspecified atom stereocenters. The number of rotatable bonds is 6. The summed E-state index contributed by atoms with van der Waals surface area (Å²) in [5.41, 5.74) is 6.74. The van der Waals surface area contributed by atoms with E-state index >= 15 is 0 Å². The van der Waals surface area contributed by atoms with Crippen molar-refractivity contribution in [2.75, 3.05) is 26.2 Å². The van der Waals surface area contributed by atoms with Gasteiger partial charge in [-0.05, 0) is 65.3 Å². The Bertz CT molecular complexity index is 1530. The summed E-state index contributed by atoms with van der Waals surface area (Å²) in [6.07, 6.45) is 2.89. The fourth-order valence-electron chi connectivity index (χ4n) is 6.91. The van der Waals surface area contributed by atoms with Crippen LogP contribution in [0.1, 0.15) is 52.7 Å². The monoisotopic (exact) mass is 568 g/mol. The molecule has 1 atom stereocenters. The van der Waals surface area contributed by atoms with Gasteiger partial charge in [-0.15, -0.1) is 0 Å². The van der Waals surface area contributed by atoms with Crippen molar-refractivity contribution in [1.82, 2.24) is 20.0 Å². The maximum Gasteiger partial charge on any atom is 0.255 e. The van der Waals surface area contributed by atoms with Crippen molar-refractivity contribution in [1.29, 1.82) is 0 Å². The number of fused-ring (bicyclic) bond motifs is 1. The summed E-state index contributed by atoms with van der Waals surface area (Å²) in [4.78, 5) is 44.0. The maximum absolute atomic E-state index is 13.2. The number of imide groups is 1. The van der Waals surface area contributed by atoms with Crippen LogP contribution in [0, 0.1) is 0 Å². The minimum atomic E-state index is -0.580. The Morgan fingerprint density at radius 1 is 0.878 bits per heavy atom. The molecule has 1 aliphatic carbocycles. The van der Waals surface area contributed by atoms with E-state index in [1.54, 1.807) is 4.90 Å². The van der Waals surface area contributed by atoms with Gasteiger partial charge in [0.05, 0.1) is 0 Å². The average Bonchev–Trinajstić information content (AvgIpc) is 3.73. The fraction of sp³-hybridized carbons (Fsp3) is 0.364. The van der Waals surface area contributed by atoms with Gasteiger partial charge in [0.15, 0.2) is 0 Å². The first-order valence-electron chi connectivity index (χ1n) is 14.5. The second-order valence-electron chi connectivity index (χ2n) is 11.7. The summed E-state index contributed by atoms with van der Waals surface area (Å²) in [7, 11) is 0. The van der Waals surface area contributed by atoms with Gasteiger partial charge in [0.2, 0.25) is 11.8 Å². The molecule has 0 aromatic heterocycles. The second-order valence-corrected chi connectivity index (χ2v) is 12.2. The Hall–Kier alpha value is -3.52. The van der Waals surface area contributed by atoms with Crippen LogP contribution in [0.25, 0.3) is 11.1 Å². The molecule has 3 amide bonds. The summed E-state index contributed by atoms with van der Waals surface area (Å²) in [6, 6.07) is 22.4. The van der Waals surface area contributed by atoms with Gasteiger partial charge >= 0.3 is 0 Å². The summed E-state index contributed by atoms with van der Waals surface area (Å²) in [5.74, 6) is -0.743. The molecule has 210 valence electrons. The smallest absolute Gasteiger partial charge is 0.255 e. The molecule has 3 aliphatic heterocycles. The lowest BCUT2D eigenvalue weighted by Gasteiger charge is -2.40. The van der Waals surface area contributed by atoms with Crippen LogP contribution >= 0.6 is 11.6 Å². The van der Waals surface area contributed by atoms with Crippen LogP contribution in [-0.2, 0) is 28.2 Å². The van der Waals surface area contributed by atoms with E-state index in [0.717, 1.165) is 56.2 Å². The van der Waals surface area contributed by atoms with Gasteiger partial charge < -0.3 is 4.90 Å². The summed E-state index contributed by atoms with van der Waals surface area (Å²) < 4.78 is 0. The normalized spacial score (nSPS) is 22.5. The van der Waals surface area contributed by atoms with Crippen LogP contribution < -0.4 is 5.32 Å². The van der Waals surface area contributed by atoms with Crippen molar-refractivity contribution >= 4 is 29.3 Å². The van der Waals surface area contributed by atoms with Crippen LogP contribution in [0.4, 0.5) is 0 Å². The number of hydrogen-bond donors (Lipinski definition) is 1. The van der Waals surface area contributed by atoms with E-state index in [1.165, 1.54) is 22.3 Å². The van der Waals surface area contributed by atoms with Gasteiger partial charge in [0, 0.05) is 61.8 Å². The molecule has 8 heteroatoms. The van der Waals surface area contributed by atoms with Crippen molar-refractivity contribution in [3.05, 3.63) is 94.0 Å². The molecular weight excluding hydrogens is 536 g/mol. The first kappa shape index (κ1) is 26.4. The van der Waals surface area contributed by atoms with E-state index in [-0.39, 0.29) is 29.7 Å². The van der Waals surface area contributed by atoms with Crippen molar-refractivity contribution in [2.45, 2.75) is 50.4 Å². The lowest BCUT2D eigenvalue weighted by atomic mass is 9.97. The van der Waals surface area contributed by atoms with Gasteiger partial charge in [-0.2, -0.15) is 0 Å². The predicted octanol–water partition coefficient (Wildman–Crippen LogP) is 4.57. The van der Waals surface area contributed by atoms with Crippen molar-refractivity contribution in [3.63, 3.8) is 0 Å². The SMILES string of the molecule is O=C1CCC(N2Cc3cc(C4(N5CCN(Cc6ccccc6-c6ccc(Cl)cc6)CC5)CC4)ccc3C2=O)C(=O)N1. The first-order chi connectivity index (χ1) is 19.9. The molecule has 4 aliphatic rings. The average molecular weight is 569 g/mol. The number of piperidine rings is 1. The fourth-order valence-corrected chi connectivity index (χ4v) is 7.04. The van der Waals surface area contributed by atoms with E-state index in [4.69, 9.17) is 11.6 Å². The van der Waals surface area contributed by atoms with Crippen LogP contribution in [0.5, 0.6) is 0 Å². The van der Waals surface area contributed by atoms with Crippen molar-refractivity contribution in [2.24, 2.45) is 0 Å². The van der Waals surface area contributed by atoms with E-state index in [2.05, 4.69) is 63.6 Å².